The van der Waals surface area contributed by atoms with E-state index >= 15 is 0 Å². The van der Waals surface area contributed by atoms with Crippen LogP contribution < -0.4 is 14.7 Å². The van der Waals surface area contributed by atoms with E-state index in [1.807, 2.05) is 0 Å². The minimum atomic E-state index is 1.12. The summed E-state index contributed by atoms with van der Waals surface area (Å²) in [7, 11) is 0. The zero-order valence-corrected chi connectivity index (χ0v) is 71.3. The Hall–Kier alpha value is -17.3. The summed E-state index contributed by atoms with van der Waals surface area (Å²) in [4.78, 5) is 7.20. The second-order valence-electron chi connectivity index (χ2n) is 33.1. The number of hydrogen-bond acceptors (Lipinski definition) is 3. The molecule has 0 radical (unpaired) electrons. The first-order valence-corrected chi connectivity index (χ1v) is 44.5. The number of hydrogen-bond donors (Lipinski definition) is 0. The largest absolute Gasteiger partial charge is 0.310 e. The number of aromatic nitrogens is 3. The predicted molar refractivity (Wildman–Crippen MR) is 553 cm³/mol. The second kappa shape index (κ2) is 34.0. The summed E-state index contributed by atoms with van der Waals surface area (Å²) in [6, 6.07) is 187. The van der Waals surface area contributed by atoms with Crippen LogP contribution in [0.15, 0.2) is 522 Å². The van der Waals surface area contributed by atoms with E-state index in [9.17, 15) is 0 Å². The number of fused-ring (bicyclic) bond motifs is 15. The van der Waals surface area contributed by atoms with Crippen LogP contribution >= 0.6 is 0 Å². The summed E-state index contributed by atoms with van der Waals surface area (Å²) in [6.07, 6.45) is 0. The van der Waals surface area contributed by atoms with Crippen molar-refractivity contribution in [2.75, 3.05) is 14.7 Å². The number of anilines is 9. The van der Waals surface area contributed by atoms with Crippen LogP contribution in [0.25, 0.3) is 159 Å². The molecule has 0 atom stereocenters. The Labute approximate surface area is 755 Å². The quantitative estimate of drug-likeness (QED) is 0.102. The smallest absolute Gasteiger partial charge is 0.0788 e. The van der Waals surface area contributed by atoms with Gasteiger partial charge in [0.1, 0.15) is 0 Å². The van der Waals surface area contributed by atoms with E-state index in [0.717, 1.165) is 62.6 Å². The van der Waals surface area contributed by atoms with Crippen molar-refractivity contribution in [1.29, 1.82) is 0 Å². The summed E-state index contributed by atoms with van der Waals surface area (Å²) in [5, 5.41) is 17.4. The van der Waals surface area contributed by atoms with Gasteiger partial charge in [-0.3, -0.25) is 0 Å². The number of para-hydroxylation sites is 8. The van der Waals surface area contributed by atoms with Crippen LogP contribution in [-0.2, 0) is 0 Å². The highest BCUT2D eigenvalue weighted by Crippen LogP contribution is 2.51. The Morgan fingerprint density at radius 3 is 1.12 bits per heavy atom. The minimum absolute atomic E-state index is 1.12. The Balaban J connectivity index is 0.000000111. The van der Waals surface area contributed by atoms with E-state index in [1.54, 1.807) is 0 Å². The van der Waals surface area contributed by atoms with Gasteiger partial charge in [0, 0.05) is 88.9 Å². The molecule has 0 saturated heterocycles. The van der Waals surface area contributed by atoms with Gasteiger partial charge in [-0.25, -0.2) is 0 Å². The molecule has 25 aromatic rings. The average molecular weight is 1660 g/mol. The van der Waals surface area contributed by atoms with Crippen LogP contribution in [-0.4, -0.2) is 13.7 Å². The molecule has 0 aliphatic carbocycles. The fourth-order valence-electron chi connectivity index (χ4n) is 19.6. The zero-order valence-electron chi connectivity index (χ0n) is 71.3. The summed E-state index contributed by atoms with van der Waals surface area (Å²) in [5.41, 5.74) is 28.0. The van der Waals surface area contributed by atoms with Crippen molar-refractivity contribution in [2.24, 2.45) is 0 Å². The average Bonchev–Trinajstić information content (AvgIpc) is 1.56. The van der Waals surface area contributed by atoms with Crippen molar-refractivity contribution in [1.82, 2.24) is 13.7 Å². The molecule has 22 aromatic carbocycles. The number of benzene rings is 22. The van der Waals surface area contributed by atoms with Gasteiger partial charge >= 0.3 is 0 Å². The summed E-state index contributed by atoms with van der Waals surface area (Å²) in [6.45, 7) is 0. The monoisotopic (exact) mass is 1660 g/mol. The lowest BCUT2D eigenvalue weighted by molar-refractivity contribution is 1.17. The zero-order chi connectivity index (χ0) is 86.2. The van der Waals surface area contributed by atoms with Gasteiger partial charge in [-0.2, -0.15) is 0 Å². The first-order chi connectivity index (χ1) is 64.5. The Morgan fingerprint density at radius 1 is 0.138 bits per heavy atom. The molecule has 612 valence electrons. The summed E-state index contributed by atoms with van der Waals surface area (Å²) in [5.74, 6) is 0. The Bertz CT molecular complexity index is 8410. The van der Waals surface area contributed by atoms with Crippen molar-refractivity contribution < 1.29 is 0 Å². The van der Waals surface area contributed by atoms with Crippen molar-refractivity contribution in [3.63, 3.8) is 0 Å². The molecule has 0 N–H and O–H groups in total. The van der Waals surface area contributed by atoms with Gasteiger partial charge in [0.2, 0.25) is 0 Å². The Kier molecular flexibility index (Phi) is 20.2. The predicted octanol–water partition coefficient (Wildman–Crippen LogP) is 34.4. The van der Waals surface area contributed by atoms with Gasteiger partial charge in [0.15, 0.2) is 0 Å². The normalized spacial score (nSPS) is 11.4. The van der Waals surface area contributed by atoms with Crippen LogP contribution in [0.1, 0.15) is 0 Å². The molecule has 6 nitrogen and oxygen atoms in total. The lowest BCUT2D eigenvalue weighted by Crippen LogP contribution is -2.11. The Morgan fingerprint density at radius 2 is 0.515 bits per heavy atom. The van der Waals surface area contributed by atoms with E-state index in [4.69, 9.17) is 0 Å². The van der Waals surface area contributed by atoms with Crippen molar-refractivity contribution in [3.8, 4) is 50.4 Å². The van der Waals surface area contributed by atoms with Crippen LogP contribution in [0.5, 0.6) is 0 Å². The maximum atomic E-state index is 2.46. The van der Waals surface area contributed by atoms with Gasteiger partial charge in [-0.05, 0) is 229 Å². The van der Waals surface area contributed by atoms with Crippen molar-refractivity contribution >= 4 is 160 Å². The molecule has 6 heteroatoms. The van der Waals surface area contributed by atoms with Gasteiger partial charge in [-0.1, -0.05) is 364 Å². The molecule has 0 unspecified atom stereocenters. The SMILES string of the molecule is c1ccc(-c2ccc(N(c3ccc4ccccc4c3)c3cccc4c3ccc3c4c4ccccc4n3-c3ccccc3)cc2)cc1.c1ccc(-c2cccc(-n3c4ccccc4c4c5ccccc5cc(N(c5ccccc5)c5ccccc5)c43)c2)cc1.c1ccc(-c2cccc(N(c3ccccc3)c3cccc4c5cc6ccccc6cc5n(-c5ccccc5)c34)c2)cc1. The van der Waals surface area contributed by atoms with Crippen LogP contribution in [0.2, 0.25) is 0 Å². The van der Waals surface area contributed by atoms with Crippen molar-refractivity contribution in [3.05, 3.63) is 522 Å². The van der Waals surface area contributed by atoms with Gasteiger partial charge in [-0.15, -0.1) is 0 Å². The minimum Gasteiger partial charge on any atom is -0.310 e. The molecular formula is C124H86N6. The highest BCUT2D eigenvalue weighted by Gasteiger charge is 2.27. The summed E-state index contributed by atoms with van der Waals surface area (Å²) < 4.78 is 7.28. The maximum Gasteiger partial charge on any atom is 0.0788 e. The number of nitrogens with zero attached hydrogens (tertiary/aromatic N) is 6. The molecular weight excluding hydrogens is 1570 g/mol. The highest BCUT2D eigenvalue weighted by molar-refractivity contribution is 6.27. The molecule has 0 bridgehead atoms. The fourth-order valence-corrected chi connectivity index (χ4v) is 19.6. The number of rotatable bonds is 15. The lowest BCUT2D eigenvalue weighted by Gasteiger charge is -2.27. The molecule has 0 fully saturated rings. The fraction of sp³-hybridized carbons (Fsp3) is 0. The third-order valence-corrected chi connectivity index (χ3v) is 25.4. The topological polar surface area (TPSA) is 24.5 Å². The van der Waals surface area contributed by atoms with Gasteiger partial charge in [0.25, 0.3) is 0 Å². The second-order valence-corrected chi connectivity index (χ2v) is 33.1. The molecule has 25 rings (SSSR count). The van der Waals surface area contributed by atoms with Crippen LogP contribution in [0, 0.1) is 0 Å². The first kappa shape index (κ1) is 77.5. The lowest BCUT2D eigenvalue weighted by atomic mass is 10.0. The van der Waals surface area contributed by atoms with E-state index in [1.165, 1.54) is 148 Å². The van der Waals surface area contributed by atoms with E-state index < -0.39 is 0 Å². The molecule has 3 aromatic heterocycles. The van der Waals surface area contributed by atoms with Gasteiger partial charge < -0.3 is 28.4 Å². The third-order valence-electron chi connectivity index (χ3n) is 25.4. The van der Waals surface area contributed by atoms with Crippen molar-refractivity contribution in [2.45, 2.75) is 0 Å². The van der Waals surface area contributed by atoms with E-state index in [2.05, 4.69) is 550 Å². The van der Waals surface area contributed by atoms with Crippen LogP contribution in [0.3, 0.4) is 0 Å². The molecule has 0 spiro atoms. The van der Waals surface area contributed by atoms with Gasteiger partial charge in [0.05, 0.1) is 50.2 Å². The molecule has 0 saturated carbocycles. The summed E-state index contributed by atoms with van der Waals surface area (Å²) >= 11 is 0. The molecule has 130 heavy (non-hydrogen) atoms. The first-order valence-electron chi connectivity index (χ1n) is 44.5. The molecule has 0 aliphatic rings. The van der Waals surface area contributed by atoms with Crippen LogP contribution in [0.4, 0.5) is 51.2 Å². The third kappa shape index (κ3) is 14.2. The molecule has 0 aliphatic heterocycles. The molecule has 3 heterocycles. The van der Waals surface area contributed by atoms with E-state index in [0.29, 0.717) is 0 Å². The molecule has 0 amide bonds. The maximum absolute atomic E-state index is 2.46. The van der Waals surface area contributed by atoms with E-state index in [-0.39, 0.29) is 0 Å². The standard InChI is InChI=1S/C44H30N2.2C40H28N2/c1-3-12-31(13-4-1)33-22-25-36(26-23-33)45(37-27-24-32-14-7-8-15-34(32)30-37)41-21-11-19-39-38(41)28-29-43-44(39)40-18-9-10-20-42(40)46(43)35-16-5-2-6-17-35;1-4-14-29(15-5-1)30-18-12-23-35(26-30)41(33-19-6-2-7-20-33)38-25-13-24-36-37-27-31-16-10-11-17-32(31)28-39(37)42(40(36)38)34-21-8-3-9-22-34;1-4-15-29(16-5-1)30-18-14-23-34(27-30)42-37-26-13-12-25-36(37)39-35-24-11-10-17-31(35)28-38(40(39)42)41(32-19-6-2-7-20-32)33-21-8-3-9-22-33/h1-30H;2*1-28H. The highest BCUT2D eigenvalue weighted by atomic mass is 15.2.